The molecule has 0 spiro atoms. The zero-order valence-corrected chi connectivity index (χ0v) is 7.82. The largest absolute Gasteiger partial charge is 0.493 e. The number of nitrogen functional groups attached to an aromatic ring is 1. The third-order valence-corrected chi connectivity index (χ3v) is 2.84. The number of thiophene rings is 1. The Hall–Kier alpha value is -1.29. The number of hydrogen-bond acceptors (Lipinski definition) is 3. The molecule has 0 atom stereocenters. The Morgan fingerprint density at radius 3 is 2.92 bits per heavy atom. The molecule has 0 aliphatic carbocycles. The van der Waals surface area contributed by atoms with Gasteiger partial charge in [-0.2, -0.15) is 0 Å². The van der Waals surface area contributed by atoms with Gasteiger partial charge in [0.2, 0.25) is 0 Å². The van der Waals surface area contributed by atoms with Crippen molar-refractivity contribution >= 4 is 27.1 Å². The fourth-order valence-electron chi connectivity index (χ4n) is 1.30. The Bertz CT molecular complexity index is 452. The van der Waals surface area contributed by atoms with E-state index in [1.165, 1.54) is 24.5 Å². The second kappa shape index (κ2) is 2.88. The van der Waals surface area contributed by atoms with Gasteiger partial charge in [-0.15, -0.1) is 11.3 Å². The molecule has 0 fully saturated rings. The second-order valence-electron chi connectivity index (χ2n) is 2.64. The van der Waals surface area contributed by atoms with Gasteiger partial charge in [-0.3, -0.25) is 0 Å². The quantitative estimate of drug-likeness (QED) is 0.762. The number of methoxy groups -OCH3 is 1. The lowest BCUT2D eigenvalue weighted by Gasteiger charge is -2.03. The number of benzene rings is 1. The molecule has 2 N–H and O–H groups in total. The van der Waals surface area contributed by atoms with E-state index in [4.69, 9.17) is 10.5 Å². The van der Waals surface area contributed by atoms with E-state index >= 15 is 0 Å². The van der Waals surface area contributed by atoms with E-state index in [1.54, 1.807) is 11.4 Å². The number of anilines is 1. The monoisotopic (exact) mass is 197 g/mol. The molecule has 2 nitrogen and oxygen atoms in total. The van der Waals surface area contributed by atoms with Gasteiger partial charge in [0.25, 0.3) is 0 Å². The summed E-state index contributed by atoms with van der Waals surface area (Å²) in [6.45, 7) is 0. The smallest absolute Gasteiger partial charge is 0.165 e. The van der Waals surface area contributed by atoms with Crippen LogP contribution >= 0.6 is 11.3 Å². The third kappa shape index (κ3) is 1.14. The van der Waals surface area contributed by atoms with E-state index in [0.717, 1.165) is 4.70 Å². The number of nitrogens with two attached hydrogens (primary N) is 1. The molecule has 1 aromatic carbocycles. The molecule has 0 saturated heterocycles. The van der Waals surface area contributed by atoms with E-state index in [9.17, 15) is 4.39 Å². The summed E-state index contributed by atoms with van der Waals surface area (Å²) in [5.41, 5.74) is 6.25. The van der Waals surface area contributed by atoms with Crippen LogP contribution in [-0.4, -0.2) is 7.11 Å². The van der Waals surface area contributed by atoms with Crippen LogP contribution < -0.4 is 10.5 Å². The first kappa shape index (κ1) is 8.31. The van der Waals surface area contributed by atoms with Crippen molar-refractivity contribution in [2.75, 3.05) is 12.8 Å². The van der Waals surface area contributed by atoms with Gasteiger partial charge < -0.3 is 10.5 Å². The molecule has 0 aliphatic rings. The van der Waals surface area contributed by atoms with Crippen molar-refractivity contribution in [1.82, 2.24) is 0 Å². The Kier molecular flexibility index (Phi) is 1.84. The highest BCUT2D eigenvalue weighted by Crippen LogP contribution is 2.37. The Balaban J connectivity index is 2.88. The van der Waals surface area contributed by atoms with Crippen molar-refractivity contribution in [3.05, 3.63) is 23.3 Å². The van der Waals surface area contributed by atoms with Crippen LogP contribution in [0.2, 0.25) is 0 Å². The van der Waals surface area contributed by atoms with Gasteiger partial charge in [-0.05, 0) is 12.1 Å². The maximum absolute atomic E-state index is 13.2. The van der Waals surface area contributed by atoms with Gasteiger partial charge in [-0.1, -0.05) is 0 Å². The van der Waals surface area contributed by atoms with Crippen LogP contribution in [0.25, 0.3) is 10.1 Å². The van der Waals surface area contributed by atoms with Crippen LogP contribution in [0, 0.1) is 5.82 Å². The fraction of sp³-hybridized carbons (Fsp3) is 0.111. The van der Waals surface area contributed by atoms with Crippen molar-refractivity contribution in [3.63, 3.8) is 0 Å². The molecule has 2 rings (SSSR count). The van der Waals surface area contributed by atoms with Crippen LogP contribution in [0.15, 0.2) is 17.5 Å². The van der Waals surface area contributed by atoms with Gasteiger partial charge in [0.1, 0.15) is 0 Å². The Morgan fingerprint density at radius 2 is 2.23 bits per heavy atom. The van der Waals surface area contributed by atoms with E-state index < -0.39 is 0 Å². The van der Waals surface area contributed by atoms with Crippen molar-refractivity contribution in [1.29, 1.82) is 0 Å². The van der Waals surface area contributed by atoms with Crippen molar-refractivity contribution in [2.45, 2.75) is 0 Å². The highest BCUT2D eigenvalue weighted by atomic mass is 32.1. The molecule has 2 aromatic rings. The fourth-order valence-corrected chi connectivity index (χ4v) is 2.14. The summed E-state index contributed by atoms with van der Waals surface area (Å²) >= 11 is 1.48. The average Bonchev–Trinajstić information content (AvgIpc) is 2.49. The van der Waals surface area contributed by atoms with Crippen LogP contribution in [0.1, 0.15) is 0 Å². The molecule has 13 heavy (non-hydrogen) atoms. The third-order valence-electron chi connectivity index (χ3n) is 1.88. The zero-order chi connectivity index (χ0) is 9.42. The number of halogens is 1. The Labute approximate surface area is 78.7 Å². The predicted molar refractivity (Wildman–Crippen MR) is 52.7 cm³/mol. The molecule has 0 amide bonds. The van der Waals surface area contributed by atoms with E-state index in [0.29, 0.717) is 11.1 Å². The topological polar surface area (TPSA) is 35.2 Å². The van der Waals surface area contributed by atoms with E-state index in [2.05, 4.69) is 0 Å². The maximum atomic E-state index is 13.2. The van der Waals surface area contributed by atoms with Crippen molar-refractivity contribution < 1.29 is 9.13 Å². The molecule has 4 heteroatoms. The Morgan fingerprint density at radius 1 is 1.46 bits per heavy atom. The lowest BCUT2D eigenvalue weighted by atomic mass is 10.2. The van der Waals surface area contributed by atoms with E-state index in [-0.39, 0.29) is 11.6 Å². The summed E-state index contributed by atoms with van der Waals surface area (Å²) in [5.74, 6) is -0.142. The second-order valence-corrected chi connectivity index (χ2v) is 3.56. The summed E-state index contributed by atoms with van der Waals surface area (Å²) < 4.78 is 19.1. The molecule has 0 aliphatic heterocycles. The molecular formula is C9H8FNOS. The van der Waals surface area contributed by atoms with Gasteiger partial charge in [0.15, 0.2) is 11.6 Å². The number of fused-ring (bicyclic) bond motifs is 1. The lowest BCUT2D eigenvalue weighted by molar-refractivity contribution is 0.392. The van der Waals surface area contributed by atoms with Gasteiger partial charge in [-0.25, -0.2) is 4.39 Å². The molecule has 1 aromatic heterocycles. The van der Waals surface area contributed by atoms with Crippen molar-refractivity contribution in [2.24, 2.45) is 0 Å². The predicted octanol–water partition coefficient (Wildman–Crippen LogP) is 2.63. The van der Waals surface area contributed by atoms with Crippen LogP contribution in [0.4, 0.5) is 10.1 Å². The summed E-state index contributed by atoms with van der Waals surface area (Å²) in [6, 6.07) is 3.09. The SMILES string of the molecule is COc1c(F)ccc2scc(N)c12. The summed E-state index contributed by atoms with van der Waals surface area (Å²) in [7, 11) is 1.44. The first-order chi connectivity index (χ1) is 6.24. The van der Waals surface area contributed by atoms with Crippen LogP contribution in [0.3, 0.4) is 0 Å². The minimum absolute atomic E-state index is 0.233. The van der Waals surface area contributed by atoms with Crippen LogP contribution in [-0.2, 0) is 0 Å². The van der Waals surface area contributed by atoms with Crippen LogP contribution in [0.5, 0.6) is 5.75 Å². The number of ether oxygens (including phenoxy) is 1. The van der Waals surface area contributed by atoms with Gasteiger partial charge >= 0.3 is 0 Å². The highest BCUT2D eigenvalue weighted by molar-refractivity contribution is 7.17. The molecular weight excluding hydrogens is 189 g/mol. The summed E-state index contributed by atoms with van der Waals surface area (Å²) in [6.07, 6.45) is 0. The maximum Gasteiger partial charge on any atom is 0.165 e. The molecule has 68 valence electrons. The van der Waals surface area contributed by atoms with Gasteiger partial charge in [0.05, 0.1) is 18.2 Å². The molecule has 0 bridgehead atoms. The standard InChI is InChI=1S/C9H8FNOS/c1-12-9-5(10)2-3-7-8(9)6(11)4-13-7/h2-4H,11H2,1H3. The number of hydrogen-bond donors (Lipinski definition) is 1. The molecule has 0 saturated carbocycles. The summed E-state index contributed by atoms with van der Waals surface area (Å²) in [5, 5.41) is 2.46. The lowest BCUT2D eigenvalue weighted by Crippen LogP contribution is -1.90. The minimum Gasteiger partial charge on any atom is -0.493 e. The normalized spacial score (nSPS) is 10.6. The average molecular weight is 197 g/mol. The molecule has 1 heterocycles. The van der Waals surface area contributed by atoms with E-state index in [1.807, 2.05) is 0 Å². The highest BCUT2D eigenvalue weighted by Gasteiger charge is 2.11. The first-order valence-corrected chi connectivity index (χ1v) is 4.61. The molecule has 0 radical (unpaired) electrons. The zero-order valence-electron chi connectivity index (χ0n) is 7.00. The van der Waals surface area contributed by atoms with Gasteiger partial charge in [0, 0.05) is 10.1 Å². The summed E-state index contributed by atoms with van der Waals surface area (Å²) in [4.78, 5) is 0. The first-order valence-electron chi connectivity index (χ1n) is 3.73. The van der Waals surface area contributed by atoms with Crippen molar-refractivity contribution in [3.8, 4) is 5.75 Å². The minimum atomic E-state index is -0.375. The molecule has 0 unspecified atom stereocenters. The number of rotatable bonds is 1.